The normalized spacial score (nSPS) is 16.1. The van der Waals surface area contributed by atoms with Crippen molar-refractivity contribution in [1.82, 2.24) is 9.97 Å². The van der Waals surface area contributed by atoms with Crippen LogP contribution in [0.4, 0.5) is 5.13 Å². The van der Waals surface area contributed by atoms with Crippen LogP contribution >= 0.6 is 22.7 Å². The molecule has 0 spiro atoms. The van der Waals surface area contributed by atoms with Crippen LogP contribution in [-0.4, -0.2) is 32.8 Å². The van der Waals surface area contributed by atoms with Crippen molar-refractivity contribution in [1.29, 1.82) is 0 Å². The number of carbonyl (C=O) groups excluding carboxylic acids is 1. The summed E-state index contributed by atoms with van der Waals surface area (Å²) in [6, 6.07) is 9.65. The number of hydrogen-bond donors (Lipinski definition) is 2. The van der Waals surface area contributed by atoms with Crippen LogP contribution in [0.15, 0.2) is 40.9 Å². The van der Waals surface area contributed by atoms with E-state index in [0.717, 1.165) is 27.5 Å². The van der Waals surface area contributed by atoms with Gasteiger partial charge in [-0.15, -0.1) is 22.7 Å². The number of hydrogen-bond acceptors (Lipinski definition) is 8. The van der Waals surface area contributed by atoms with Crippen LogP contribution in [0.3, 0.4) is 0 Å². The molecule has 2 N–H and O–H groups in total. The molecule has 3 heterocycles. The number of thiazole rings is 2. The highest BCUT2D eigenvalue weighted by molar-refractivity contribution is 7.17. The Balaban J connectivity index is 1.41. The molecular weight excluding hydrogens is 384 g/mol. The maximum absolute atomic E-state index is 12.5. The van der Waals surface area contributed by atoms with Crippen LogP contribution < -0.4 is 5.32 Å². The number of anilines is 1. The van der Waals surface area contributed by atoms with Gasteiger partial charge in [-0.3, -0.25) is 10.1 Å². The van der Waals surface area contributed by atoms with E-state index in [0.29, 0.717) is 16.6 Å². The molecule has 138 valence electrons. The lowest BCUT2D eigenvalue weighted by Crippen LogP contribution is -2.27. The molecule has 0 aliphatic carbocycles. The van der Waals surface area contributed by atoms with Gasteiger partial charge in [0.15, 0.2) is 5.13 Å². The fraction of sp³-hybridized carbons (Fsp3) is 0.222. The molecule has 0 bridgehead atoms. The van der Waals surface area contributed by atoms with Crippen LogP contribution in [0, 0.1) is 6.92 Å². The van der Waals surface area contributed by atoms with Gasteiger partial charge in [-0.05, 0) is 12.5 Å². The number of carbonyl (C=O) groups is 1. The molecule has 0 fully saturated rings. The Hall–Kier alpha value is -2.62. The van der Waals surface area contributed by atoms with Gasteiger partial charge in [-0.1, -0.05) is 35.5 Å². The number of aliphatic hydroxyl groups excluding tert-OH is 1. The maximum atomic E-state index is 12.5. The van der Waals surface area contributed by atoms with Crippen LogP contribution in [-0.2, 0) is 16.2 Å². The number of aryl methyl sites for hydroxylation is 1. The Morgan fingerprint density at radius 1 is 1.33 bits per heavy atom. The third kappa shape index (κ3) is 3.75. The fourth-order valence-corrected chi connectivity index (χ4v) is 4.36. The standard InChI is InChI=1S/C18H16N4O3S2/c1-10-16(27-15(8-23)19-10)13-9-26-18(20-13)21-17(24)14-7-12(22-25-14)11-5-3-2-4-6-11/h2-6,9,14,23H,7-8H2,1H3,(H,20,21,24). The molecule has 1 aliphatic rings. The predicted octanol–water partition coefficient (Wildman–Crippen LogP) is 3.20. The van der Waals surface area contributed by atoms with Crippen LogP contribution in [0.1, 0.15) is 22.7 Å². The number of nitrogens with zero attached hydrogens (tertiary/aromatic N) is 3. The van der Waals surface area contributed by atoms with E-state index < -0.39 is 6.10 Å². The first-order valence-electron chi connectivity index (χ1n) is 8.26. The second-order valence-corrected chi connectivity index (χ2v) is 7.85. The second kappa shape index (κ2) is 7.55. The van der Waals surface area contributed by atoms with E-state index in [1.165, 1.54) is 22.7 Å². The second-order valence-electron chi connectivity index (χ2n) is 5.91. The molecular formula is C18H16N4O3S2. The number of nitrogens with one attached hydrogen (secondary N) is 1. The molecule has 1 unspecified atom stereocenters. The highest BCUT2D eigenvalue weighted by Crippen LogP contribution is 2.32. The molecule has 0 radical (unpaired) electrons. The van der Waals surface area contributed by atoms with E-state index in [1.54, 1.807) is 0 Å². The van der Waals surface area contributed by atoms with Crippen LogP contribution in [0.5, 0.6) is 0 Å². The molecule has 9 heteroatoms. The van der Waals surface area contributed by atoms with Gasteiger partial charge < -0.3 is 9.94 Å². The number of rotatable bonds is 5. The van der Waals surface area contributed by atoms with E-state index in [2.05, 4.69) is 20.4 Å². The van der Waals surface area contributed by atoms with Gasteiger partial charge in [0.2, 0.25) is 6.10 Å². The number of benzene rings is 1. The minimum Gasteiger partial charge on any atom is -0.389 e. The molecule has 4 rings (SSSR count). The van der Waals surface area contributed by atoms with Gasteiger partial charge in [0.05, 0.1) is 28.6 Å². The van der Waals surface area contributed by atoms with Crippen molar-refractivity contribution in [3.8, 4) is 10.6 Å². The van der Waals surface area contributed by atoms with Crippen molar-refractivity contribution in [3.05, 3.63) is 52.0 Å². The minimum absolute atomic E-state index is 0.0952. The van der Waals surface area contributed by atoms with Gasteiger partial charge in [0, 0.05) is 11.8 Å². The minimum atomic E-state index is -0.668. The molecule has 1 atom stereocenters. The Morgan fingerprint density at radius 3 is 2.89 bits per heavy atom. The maximum Gasteiger partial charge on any atom is 0.270 e. The summed E-state index contributed by atoms with van der Waals surface area (Å²) in [4.78, 5) is 27.4. The first-order chi connectivity index (χ1) is 13.1. The zero-order chi connectivity index (χ0) is 18.8. The zero-order valence-electron chi connectivity index (χ0n) is 14.4. The largest absolute Gasteiger partial charge is 0.389 e. The monoisotopic (exact) mass is 400 g/mol. The summed E-state index contributed by atoms with van der Waals surface area (Å²) in [5.74, 6) is -0.275. The lowest BCUT2D eigenvalue weighted by molar-refractivity contribution is -0.125. The molecule has 0 saturated heterocycles. The summed E-state index contributed by atoms with van der Waals surface area (Å²) >= 11 is 2.73. The highest BCUT2D eigenvalue weighted by Gasteiger charge is 2.29. The van der Waals surface area contributed by atoms with Crippen molar-refractivity contribution in [3.63, 3.8) is 0 Å². The smallest absolute Gasteiger partial charge is 0.270 e. The van der Waals surface area contributed by atoms with E-state index in [-0.39, 0.29) is 12.5 Å². The molecule has 1 aliphatic heterocycles. The van der Waals surface area contributed by atoms with E-state index in [1.807, 2.05) is 42.6 Å². The van der Waals surface area contributed by atoms with Gasteiger partial charge in [-0.2, -0.15) is 0 Å². The third-order valence-corrected chi connectivity index (χ3v) is 5.93. The summed E-state index contributed by atoms with van der Waals surface area (Å²) in [6.45, 7) is 1.78. The van der Waals surface area contributed by atoms with Gasteiger partial charge in [0.1, 0.15) is 5.01 Å². The van der Waals surface area contributed by atoms with Crippen molar-refractivity contribution < 1.29 is 14.7 Å². The number of oxime groups is 1. The van der Waals surface area contributed by atoms with Crippen molar-refractivity contribution in [2.24, 2.45) is 5.16 Å². The molecule has 1 aromatic carbocycles. The fourth-order valence-electron chi connectivity index (χ4n) is 2.70. The average molecular weight is 400 g/mol. The first-order valence-corrected chi connectivity index (χ1v) is 9.95. The van der Waals surface area contributed by atoms with Crippen molar-refractivity contribution in [2.75, 3.05) is 5.32 Å². The predicted molar refractivity (Wildman–Crippen MR) is 105 cm³/mol. The molecule has 2 aromatic heterocycles. The van der Waals surface area contributed by atoms with Gasteiger partial charge >= 0.3 is 0 Å². The Bertz CT molecular complexity index is 997. The average Bonchev–Trinajstić information content (AvgIpc) is 3.41. The lowest BCUT2D eigenvalue weighted by Gasteiger charge is -2.07. The quantitative estimate of drug-likeness (QED) is 0.686. The summed E-state index contributed by atoms with van der Waals surface area (Å²) in [6.07, 6.45) is -0.249. The highest BCUT2D eigenvalue weighted by atomic mass is 32.1. The Morgan fingerprint density at radius 2 is 2.15 bits per heavy atom. The molecule has 1 amide bonds. The summed E-state index contributed by atoms with van der Waals surface area (Å²) in [5, 5.41) is 19.0. The van der Waals surface area contributed by atoms with E-state index in [9.17, 15) is 9.90 Å². The molecule has 3 aromatic rings. The first kappa shape index (κ1) is 17.8. The number of aliphatic hydroxyl groups is 1. The zero-order valence-corrected chi connectivity index (χ0v) is 16.0. The molecule has 0 saturated carbocycles. The Labute approximate surface area is 163 Å². The Kier molecular flexibility index (Phi) is 4.97. The topological polar surface area (TPSA) is 96.7 Å². The number of aromatic nitrogens is 2. The van der Waals surface area contributed by atoms with E-state index in [4.69, 9.17) is 4.84 Å². The summed E-state index contributed by atoms with van der Waals surface area (Å²) < 4.78 is 0. The van der Waals surface area contributed by atoms with Crippen LogP contribution in [0.2, 0.25) is 0 Å². The lowest BCUT2D eigenvalue weighted by atomic mass is 10.1. The van der Waals surface area contributed by atoms with Crippen molar-refractivity contribution in [2.45, 2.75) is 26.1 Å². The van der Waals surface area contributed by atoms with Gasteiger partial charge in [-0.25, -0.2) is 9.97 Å². The van der Waals surface area contributed by atoms with E-state index >= 15 is 0 Å². The summed E-state index contributed by atoms with van der Waals surface area (Å²) in [7, 11) is 0. The SMILES string of the molecule is Cc1nc(CO)sc1-c1csc(NC(=O)C2CC(c3ccccc3)=NO2)n1. The molecule has 27 heavy (non-hydrogen) atoms. The third-order valence-electron chi connectivity index (χ3n) is 4.01. The van der Waals surface area contributed by atoms with Crippen molar-refractivity contribution >= 4 is 39.4 Å². The van der Waals surface area contributed by atoms with Crippen LogP contribution in [0.25, 0.3) is 10.6 Å². The number of amides is 1. The van der Waals surface area contributed by atoms with Gasteiger partial charge in [0.25, 0.3) is 5.91 Å². The molecule has 7 nitrogen and oxygen atoms in total. The summed E-state index contributed by atoms with van der Waals surface area (Å²) in [5.41, 5.74) is 3.25.